The normalized spacial score (nSPS) is 22.2. The number of carbonyl (C=O) groups excluding carboxylic acids is 1. The summed E-state index contributed by atoms with van der Waals surface area (Å²) in [6.45, 7) is 6.71. The molecule has 1 heterocycles. The molecule has 0 aromatic heterocycles. The van der Waals surface area contributed by atoms with E-state index in [1.165, 1.54) is 0 Å². The predicted octanol–water partition coefficient (Wildman–Crippen LogP) is 1.29. The van der Waals surface area contributed by atoms with Gasteiger partial charge in [0.05, 0.1) is 25.4 Å². The van der Waals surface area contributed by atoms with Crippen LogP contribution < -0.4 is 4.74 Å². The van der Waals surface area contributed by atoms with Gasteiger partial charge in [-0.25, -0.2) is 0 Å². The van der Waals surface area contributed by atoms with E-state index in [4.69, 9.17) is 14.6 Å². The molecule has 1 aliphatic rings. The molecule has 1 aromatic rings. The third kappa shape index (κ3) is 4.19. The van der Waals surface area contributed by atoms with Gasteiger partial charge in [0.25, 0.3) is 5.91 Å². The molecule has 5 nitrogen and oxygen atoms in total. The standard InChI is InChI=1S/C16H23NO4/c1-11-4-12(2)6-14(5-11)21-10-16(19)17-7-15(8-18)20-9-13(17)3/h4-6,13,15,18H,7-10H2,1-3H3. The van der Waals surface area contributed by atoms with Crippen molar-refractivity contribution in [2.24, 2.45) is 0 Å². The first-order valence-corrected chi connectivity index (χ1v) is 7.22. The van der Waals surface area contributed by atoms with Gasteiger partial charge in [-0.3, -0.25) is 4.79 Å². The zero-order valence-corrected chi connectivity index (χ0v) is 12.8. The molecule has 2 atom stereocenters. The van der Waals surface area contributed by atoms with Gasteiger partial charge in [0, 0.05) is 6.54 Å². The quantitative estimate of drug-likeness (QED) is 0.909. The molecule has 5 heteroatoms. The fourth-order valence-electron chi connectivity index (χ4n) is 2.52. The third-order valence-electron chi connectivity index (χ3n) is 3.59. The Bertz CT molecular complexity index is 483. The van der Waals surface area contributed by atoms with Crippen molar-refractivity contribution in [2.45, 2.75) is 32.9 Å². The zero-order valence-electron chi connectivity index (χ0n) is 12.8. The zero-order chi connectivity index (χ0) is 15.4. The summed E-state index contributed by atoms with van der Waals surface area (Å²) in [6.07, 6.45) is -0.300. The molecule has 1 aliphatic heterocycles. The van der Waals surface area contributed by atoms with Crippen LogP contribution >= 0.6 is 0 Å². The Morgan fingerprint density at radius 2 is 2.05 bits per heavy atom. The van der Waals surface area contributed by atoms with Crippen molar-refractivity contribution in [3.05, 3.63) is 29.3 Å². The minimum Gasteiger partial charge on any atom is -0.484 e. The first-order chi connectivity index (χ1) is 9.99. The van der Waals surface area contributed by atoms with Gasteiger partial charge in [0.2, 0.25) is 0 Å². The van der Waals surface area contributed by atoms with Gasteiger partial charge in [-0.1, -0.05) is 6.07 Å². The first-order valence-electron chi connectivity index (χ1n) is 7.22. The van der Waals surface area contributed by atoms with Crippen LogP contribution in [0.5, 0.6) is 5.75 Å². The lowest BCUT2D eigenvalue weighted by atomic mass is 10.1. The largest absolute Gasteiger partial charge is 0.484 e. The van der Waals surface area contributed by atoms with E-state index in [1.54, 1.807) is 4.90 Å². The fraction of sp³-hybridized carbons (Fsp3) is 0.562. The number of aryl methyl sites for hydroxylation is 2. The molecule has 0 saturated carbocycles. The second-order valence-corrected chi connectivity index (χ2v) is 5.65. The molecule has 2 unspecified atom stereocenters. The summed E-state index contributed by atoms with van der Waals surface area (Å²) in [4.78, 5) is 14.0. The molecule has 116 valence electrons. The maximum absolute atomic E-state index is 12.3. The van der Waals surface area contributed by atoms with Crippen LogP contribution in [0.1, 0.15) is 18.1 Å². The van der Waals surface area contributed by atoms with Crippen LogP contribution in [0.15, 0.2) is 18.2 Å². The van der Waals surface area contributed by atoms with Gasteiger partial charge in [0.15, 0.2) is 6.61 Å². The molecule has 2 rings (SSSR count). The van der Waals surface area contributed by atoms with Gasteiger partial charge in [0.1, 0.15) is 5.75 Å². The summed E-state index contributed by atoms with van der Waals surface area (Å²) in [5.41, 5.74) is 2.22. The van der Waals surface area contributed by atoms with Crippen LogP contribution in [0.4, 0.5) is 0 Å². The lowest BCUT2D eigenvalue weighted by molar-refractivity contribution is -0.148. The average Bonchev–Trinajstić information content (AvgIpc) is 2.44. The van der Waals surface area contributed by atoms with E-state index in [1.807, 2.05) is 32.9 Å². The van der Waals surface area contributed by atoms with Crippen molar-refractivity contribution < 1.29 is 19.4 Å². The van der Waals surface area contributed by atoms with E-state index < -0.39 is 0 Å². The van der Waals surface area contributed by atoms with Crippen LogP contribution in [0.2, 0.25) is 0 Å². The van der Waals surface area contributed by atoms with Gasteiger partial charge in [-0.15, -0.1) is 0 Å². The van der Waals surface area contributed by atoms with Gasteiger partial charge in [-0.05, 0) is 44.0 Å². The van der Waals surface area contributed by atoms with Crippen molar-refractivity contribution in [3.63, 3.8) is 0 Å². The molecule has 0 bridgehead atoms. The van der Waals surface area contributed by atoms with Crippen molar-refractivity contribution in [1.82, 2.24) is 4.90 Å². The van der Waals surface area contributed by atoms with Crippen LogP contribution in [-0.4, -0.2) is 54.4 Å². The highest BCUT2D eigenvalue weighted by Crippen LogP contribution is 2.17. The van der Waals surface area contributed by atoms with E-state index in [-0.39, 0.29) is 31.3 Å². The lowest BCUT2D eigenvalue weighted by Gasteiger charge is -2.37. The Kier molecular flexibility index (Phi) is 5.20. The number of aliphatic hydroxyl groups excluding tert-OH is 1. The number of benzene rings is 1. The number of rotatable bonds is 4. The molecule has 1 saturated heterocycles. The van der Waals surface area contributed by atoms with Gasteiger partial charge in [-0.2, -0.15) is 0 Å². The van der Waals surface area contributed by atoms with Crippen LogP contribution in [0, 0.1) is 13.8 Å². The highest BCUT2D eigenvalue weighted by atomic mass is 16.5. The monoisotopic (exact) mass is 293 g/mol. The third-order valence-corrected chi connectivity index (χ3v) is 3.59. The van der Waals surface area contributed by atoms with E-state index >= 15 is 0 Å². The highest BCUT2D eigenvalue weighted by Gasteiger charge is 2.29. The topological polar surface area (TPSA) is 59.0 Å². The smallest absolute Gasteiger partial charge is 0.260 e. The maximum atomic E-state index is 12.3. The lowest BCUT2D eigenvalue weighted by Crippen LogP contribution is -2.53. The number of hydrogen-bond donors (Lipinski definition) is 1. The number of ether oxygens (including phenoxy) is 2. The SMILES string of the molecule is Cc1cc(C)cc(OCC(=O)N2CC(CO)OCC2C)c1. The highest BCUT2D eigenvalue weighted by molar-refractivity contribution is 5.78. The Balaban J connectivity index is 1.94. The predicted molar refractivity (Wildman–Crippen MR) is 79.4 cm³/mol. The molecule has 21 heavy (non-hydrogen) atoms. The Morgan fingerprint density at radius 1 is 1.38 bits per heavy atom. The number of carbonyl (C=O) groups is 1. The fourth-order valence-corrected chi connectivity index (χ4v) is 2.52. The molecule has 1 aromatic carbocycles. The number of aliphatic hydroxyl groups is 1. The molecule has 1 amide bonds. The molecular weight excluding hydrogens is 270 g/mol. The summed E-state index contributed by atoms with van der Waals surface area (Å²) < 4.78 is 11.0. The van der Waals surface area contributed by atoms with Crippen LogP contribution in [-0.2, 0) is 9.53 Å². The summed E-state index contributed by atoms with van der Waals surface area (Å²) in [5.74, 6) is 0.629. The van der Waals surface area contributed by atoms with E-state index in [0.29, 0.717) is 18.9 Å². The summed E-state index contributed by atoms with van der Waals surface area (Å²) in [5, 5.41) is 9.15. The Morgan fingerprint density at radius 3 is 2.67 bits per heavy atom. The molecule has 1 N–H and O–H groups in total. The number of amides is 1. The average molecular weight is 293 g/mol. The maximum Gasteiger partial charge on any atom is 0.260 e. The Labute approximate surface area is 125 Å². The first kappa shape index (κ1) is 15.8. The molecule has 0 spiro atoms. The van der Waals surface area contributed by atoms with E-state index in [9.17, 15) is 4.79 Å². The van der Waals surface area contributed by atoms with E-state index in [2.05, 4.69) is 6.07 Å². The molecular formula is C16H23NO4. The second kappa shape index (κ2) is 6.91. The van der Waals surface area contributed by atoms with Gasteiger partial charge >= 0.3 is 0 Å². The van der Waals surface area contributed by atoms with Crippen molar-refractivity contribution in [2.75, 3.05) is 26.4 Å². The minimum atomic E-state index is -0.300. The summed E-state index contributed by atoms with van der Waals surface area (Å²) in [6, 6.07) is 5.90. The van der Waals surface area contributed by atoms with Crippen molar-refractivity contribution in [1.29, 1.82) is 0 Å². The second-order valence-electron chi connectivity index (χ2n) is 5.65. The molecule has 0 aliphatic carbocycles. The number of morpholine rings is 1. The number of hydrogen-bond acceptors (Lipinski definition) is 4. The minimum absolute atomic E-state index is 0.00291. The van der Waals surface area contributed by atoms with Gasteiger partial charge < -0.3 is 19.5 Å². The van der Waals surface area contributed by atoms with Crippen molar-refractivity contribution >= 4 is 5.91 Å². The Hall–Kier alpha value is -1.59. The van der Waals surface area contributed by atoms with E-state index in [0.717, 1.165) is 11.1 Å². The van der Waals surface area contributed by atoms with Crippen molar-refractivity contribution in [3.8, 4) is 5.75 Å². The summed E-state index contributed by atoms with van der Waals surface area (Å²) >= 11 is 0. The summed E-state index contributed by atoms with van der Waals surface area (Å²) in [7, 11) is 0. The number of nitrogens with zero attached hydrogens (tertiary/aromatic N) is 1. The molecule has 1 fully saturated rings. The van der Waals surface area contributed by atoms with Crippen LogP contribution in [0.3, 0.4) is 0 Å². The van der Waals surface area contributed by atoms with Crippen LogP contribution in [0.25, 0.3) is 0 Å². The molecule has 0 radical (unpaired) electrons.